The molecule has 8 heteroatoms. The summed E-state index contributed by atoms with van der Waals surface area (Å²) in [5.74, 6) is -1.41. The van der Waals surface area contributed by atoms with Crippen LogP contribution in [0.3, 0.4) is 0 Å². The summed E-state index contributed by atoms with van der Waals surface area (Å²) >= 11 is 0. The van der Waals surface area contributed by atoms with E-state index >= 15 is 0 Å². The molecule has 0 aromatic heterocycles. The molecule has 3 rings (SSSR count). The fourth-order valence-corrected chi connectivity index (χ4v) is 5.04. The molecule has 41 heavy (non-hydrogen) atoms. The van der Waals surface area contributed by atoms with E-state index in [-0.39, 0.29) is 6.42 Å². The lowest BCUT2D eigenvalue weighted by Crippen LogP contribution is -2.57. The van der Waals surface area contributed by atoms with Crippen LogP contribution in [0.5, 0.6) is 0 Å². The summed E-state index contributed by atoms with van der Waals surface area (Å²) < 4.78 is 34.1. The van der Waals surface area contributed by atoms with Crippen LogP contribution in [0.4, 0.5) is 13.6 Å². The fraction of sp³-hybridized carbons (Fsp3) is 0.424. The number of nitrogens with zero attached hydrogens (tertiary/aromatic N) is 2. The van der Waals surface area contributed by atoms with Crippen molar-refractivity contribution in [1.29, 1.82) is 0 Å². The van der Waals surface area contributed by atoms with Crippen molar-refractivity contribution in [2.75, 3.05) is 6.73 Å². The maximum atomic E-state index is 14.3. The van der Waals surface area contributed by atoms with Crippen LogP contribution in [0.25, 0.3) is 0 Å². The first-order valence-corrected chi connectivity index (χ1v) is 14.1. The predicted molar refractivity (Wildman–Crippen MR) is 156 cm³/mol. The van der Waals surface area contributed by atoms with Crippen LogP contribution in [-0.2, 0) is 24.2 Å². The first kappa shape index (κ1) is 32.2. The fourth-order valence-electron chi connectivity index (χ4n) is 5.04. The second-order valence-electron chi connectivity index (χ2n) is 11.4. The Morgan fingerprint density at radius 2 is 1.37 bits per heavy atom. The number of rotatable bonds is 13. The van der Waals surface area contributed by atoms with Gasteiger partial charge in [-0.1, -0.05) is 74.0 Å². The van der Waals surface area contributed by atoms with E-state index in [9.17, 15) is 23.8 Å². The van der Waals surface area contributed by atoms with Gasteiger partial charge in [-0.3, -0.25) is 9.80 Å². The highest BCUT2D eigenvalue weighted by molar-refractivity contribution is 5.68. The second-order valence-corrected chi connectivity index (χ2v) is 11.4. The number of benzene rings is 3. The molecular formula is C33H42F2N2O4. The largest absolute Gasteiger partial charge is 0.444 e. The van der Waals surface area contributed by atoms with E-state index in [2.05, 4.69) is 4.90 Å². The van der Waals surface area contributed by atoms with Crippen LogP contribution >= 0.6 is 0 Å². The number of halogens is 2. The quantitative estimate of drug-likeness (QED) is 0.237. The van der Waals surface area contributed by atoms with Gasteiger partial charge in [-0.2, -0.15) is 0 Å². The van der Waals surface area contributed by atoms with Crippen molar-refractivity contribution >= 4 is 6.09 Å². The van der Waals surface area contributed by atoms with Crippen LogP contribution in [0, 0.1) is 11.6 Å². The van der Waals surface area contributed by atoms with E-state index in [0.29, 0.717) is 31.5 Å². The summed E-state index contributed by atoms with van der Waals surface area (Å²) in [6, 6.07) is 21.3. The first-order valence-electron chi connectivity index (χ1n) is 14.1. The summed E-state index contributed by atoms with van der Waals surface area (Å²) in [6.07, 6.45) is -0.859. The van der Waals surface area contributed by atoms with E-state index in [1.54, 1.807) is 20.8 Å². The van der Waals surface area contributed by atoms with Gasteiger partial charge in [0.05, 0.1) is 12.1 Å². The number of ether oxygens (including phenoxy) is 1. The average Bonchev–Trinajstić information content (AvgIpc) is 2.90. The minimum Gasteiger partial charge on any atom is -0.444 e. The summed E-state index contributed by atoms with van der Waals surface area (Å²) in [5, 5.41) is 22.4. The molecule has 3 aromatic carbocycles. The lowest BCUT2D eigenvalue weighted by molar-refractivity contribution is -0.0585. The summed E-state index contributed by atoms with van der Waals surface area (Å²) in [6.45, 7) is 7.32. The van der Waals surface area contributed by atoms with E-state index in [1.165, 1.54) is 12.1 Å². The second kappa shape index (κ2) is 15.1. The van der Waals surface area contributed by atoms with E-state index < -0.39 is 48.2 Å². The SMILES string of the molecule is CCC[C@H]([C@@H](O)[C@H](Cc1cc(F)cc(F)c1)N(Cc1ccccc1)Cc1ccccc1)N(CO)C(=O)OC(C)(C)C. The molecule has 1 amide bonds. The molecule has 0 aliphatic heterocycles. The van der Waals surface area contributed by atoms with Crippen molar-refractivity contribution in [1.82, 2.24) is 9.80 Å². The molecular weight excluding hydrogens is 526 g/mol. The lowest BCUT2D eigenvalue weighted by atomic mass is 9.91. The Balaban J connectivity index is 2.09. The van der Waals surface area contributed by atoms with Gasteiger partial charge >= 0.3 is 6.09 Å². The van der Waals surface area contributed by atoms with Crippen LogP contribution in [-0.4, -0.2) is 56.6 Å². The van der Waals surface area contributed by atoms with E-state index in [4.69, 9.17) is 4.74 Å². The normalized spacial score (nSPS) is 14.0. The summed E-state index contributed by atoms with van der Waals surface area (Å²) in [7, 11) is 0. The molecule has 2 N–H and O–H groups in total. The first-order chi connectivity index (χ1) is 19.5. The Labute approximate surface area is 242 Å². The van der Waals surface area contributed by atoms with Gasteiger partial charge in [-0.25, -0.2) is 13.6 Å². The van der Waals surface area contributed by atoms with Gasteiger partial charge in [-0.15, -0.1) is 0 Å². The number of carbonyl (C=O) groups excluding carboxylic acids is 1. The Morgan fingerprint density at radius 3 is 1.80 bits per heavy atom. The van der Waals surface area contributed by atoms with Gasteiger partial charge in [0.15, 0.2) is 0 Å². The van der Waals surface area contributed by atoms with Crippen molar-refractivity contribution < 1.29 is 28.5 Å². The van der Waals surface area contributed by atoms with Crippen LogP contribution in [0.1, 0.15) is 57.2 Å². The molecule has 0 spiro atoms. The highest BCUT2D eigenvalue weighted by Crippen LogP contribution is 2.26. The third kappa shape index (κ3) is 9.92. The van der Waals surface area contributed by atoms with Gasteiger partial charge in [0.25, 0.3) is 0 Å². The van der Waals surface area contributed by atoms with Gasteiger partial charge in [0.1, 0.15) is 24.0 Å². The monoisotopic (exact) mass is 568 g/mol. The minimum absolute atomic E-state index is 0.101. The average molecular weight is 569 g/mol. The molecule has 222 valence electrons. The van der Waals surface area contributed by atoms with E-state index in [0.717, 1.165) is 22.1 Å². The van der Waals surface area contributed by atoms with Crippen LogP contribution < -0.4 is 0 Å². The third-order valence-electron chi connectivity index (χ3n) is 6.85. The maximum Gasteiger partial charge on any atom is 0.412 e. The lowest BCUT2D eigenvalue weighted by Gasteiger charge is -2.42. The number of amides is 1. The Bertz CT molecular complexity index is 1160. The summed E-state index contributed by atoms with van der Waals surface area (Å²) in [4.78, 5) is 16.4. The molecule has 3 atom stereocenters. The number of aliphatic hydroxyl groups excluding tert-OH is 2. The molecule has 0 aliphatic rings. The van der Waals surface area contributed by atoms with Gasteiger partial charge in [0.2, 0.25) is 0 Å². The standard InChI is InChI=1S/C33H42F2N2O4/c1-5-12-29(37(23-38)32(40)41-33(2,3)4)31(39)30(19-26-17-27(34)20-28(35)18-26)36(21-24-13-8-6-9-14-24)22-25-15-10-7-11-16-25/h6-11,13-18,20,29-31,38-39H,5,12,19,21-23H2,1-4H3/t29-,30+,31-/m1/s1. The van der Waals surface area contributed by atoms with Crippen molar-refractivity contribution in [3.8, 4) is 0 Å². The molecule has 0 bridgehead atoms. The molecule has 0 heterocycles. The van der Waals surface area contributed by atoms with Crippen molar-refractivity contribution in [3.63, 3.8) is 0 Å². The molecule has 0 fully saturated rings. The highest BCUT2D eigenvalue weighted by atomic mass is 19.1. The Hall–Kier alpha value is -3.33. The number of aliphatic hydroxyl groups is 2. The van der Waals surface area contributed by atoms with Crippen LogP contribution in [0.2, 0.25) is 0 Å². The molecule has 0 saturated carbocycles. The van der Waals surface area contributed by atoms with Crippen LogP contribution in [0.15, 0.2) is 78.9 Å². The predicted octanol–water partition coefficient (Wildman–Crippen LogP) is 6.29. The van der Waals surface area contributed by atoms with E-state index in [1.807, 2.05) is 67.6 Å². The number of hydrogen-bond donors (Lipinski definition) is 2. The Kier molecular flexibility index (Phi) is 11.8. The third-order valence-corrected chi connectivity index (χ3v) is 6.85. The zero-order valence-electron chi connectivity index (χ0n) is 24.3. The van der Waals surface area contributed by atoms with Gasteiger partial charge < -0.3 is 14.9 Å². The zero-order chi connectivity index (χ0) is 30.0. The molecule has 0 saturated heterocycles. The molecule has 3 aromatic rings. The van der Waals surface area contributed by atoms with Gasteiger partial charge in [0, 0.05) is 25.2 Å². The van der Waals surface area contributed by atoms with Crippen molar-refractivity contribution in [2.45, 2.75) is 83.8 Å². The molecule has 6 nitrogen and oxygen atoms in total. The smallest absolute Gasteiger partial charge is 0.412 e. The molecule has 0 aliphatic carbocycles. The topological polar surface area (TPSA) is 73.2 Å². The van der Waals surface area contributed by atoms with Gasteiger partial charge in [-0.05, 0) is 62.4 Å². The Morgan fingerprint density at radius 1 is 0.854 bits per heavy atom. The zero-order valence-corrected chi connectivity index (χ0v) is 24.3. The summed E-state index contributed by atoms with van der Waals surface area (Å²) in [5.41, 5.74) is 1.55. The number of hydrogen-bond acceptors (Lipinski definition) is 5. The maximum absolute atomic E-state index is 14.3. The van der Waals surface area contributed by atoms with Crippen molar-refractivity contribution in [2.24, 2.45) is 0 Å². The highest BCUT2D eigenvalue weighted by Gasteiger charge is 2.38. The number of carbonyl (C=O) groups is 1. The molecule has 0 radical (unpaired) electrons. The van der Waals surface area contributed by atoms with Crippen molar-refractivity contribution in [3.05, 3.63) is 107 Å². The minimum atomic E-state index is -1.20. The molecule has 0 unspecified atom stereocenters.